The molecule has 88 valence electrons. The molecule has 0 bridgehead atoms. The third-order valence-corrected chi connectivity index (χ3v) is 2.25. The number of carbonyl (C=O) groups is 1. The van der Waals surface area contributed by atoms with Crippen LogP contribution in [0.2, 0.25) is 0 Å². The number of hydrazone groups is 1. The van der Waals surface area contributed by atoms with Crippen molar-refractivity contribution in [3.63, 3.8) is 0 Å². The predicted octanol–water partition coefficient (Wildman–Crippen LogP) is 1.41. The number of aromatic hydroxyl groups is 1. The van der Waals surface area contributed by atoms with Crippen LogP contribution in [0.4, 0.5) is 0 Å². The zero-order chi connectivity index (χ0) is 12.1. The Bertz CT molecular complexity index is 443. The SMILES string of the molecule is O=C(N/N=C/C1CC=CO1)c1ccc(O)cc1. The van der Waals surface area contributed by atoms with Crippen LogP contribution in [-0.2, 0) is 4.74 Å². The number of hydrogen-bond acceptors (Lipinski definition) is 4. The maximum atomic E-state index is 11.6. The third-order valence-electron chi connectivity index (χ3n) is 2.25. The summed E-state index contributed by atoms with van der Waals surface area (Å²) >= 11 is 0. The molecule has 0 spiro atoms. The van der Waals surface area contributed by atoms with Gasteiger partial charge in [0.15, 0.2) is 0 Å². The molecule has 5 heteroatoms. The summed E-state index contributed by atoms with van der Waals surface area (Å²) < 4.78 is 5.14. The lowest BCUT2D eigenvalue weighted by atomic mass is 10.2. The van der Waals surface area contributed by atoms with Gasteiger partial charge in [-0.25, -0.2) is 5.43 Å². The molecule has 0 saturated heterocycles. The molecule has 17 heavy (non-hydrogen) atoms. The fourth-order valence-corrected chi connectivity index (χ4v) is 1.35. The Morgan fingerprint density at radius 1 is 1.47 bits per heavy atom. The van der Waals surface area contributed by atoms with E-state index in [1.807, 2.05) is 6.08 Å². The second-order valence-corrected chi connectivity index (χ2v) is 3.55. The van der Waals surface area contributed by atoms with Crippen molar-refractivity contribution >= 4 is 12.1 Å². The van der Waals surface area contributed by atoms with Crippen molar-refractivity contribution < 1.29 is 14.6 Å². The largest absolute Gasteiger partial charge is 0.508 e. The molecular formula is C12H12N2O3. The van der Waals surface area contributed by atoms with Crippen molar-refractivity contribution in [2.24, 2.45) is 5.10 Å². The molecule has 0 radical (unpaired) electrons. The average molecular weight is 232 g/mol. The lowest BCUT2D eigenvalue weighted by Gasteiger charge is -2.03. The minimum absolute atomic E-state index is 0.102. The zero-order valence-corrected chi connectivity index (χ0v) is 9.04. The van der Waals surface area contributed by atoms with Crippen LogP contribution in [0.5, 0.6) is 5.75 Å². The minimum Gasteiger partial charge on any atom is -0.508 e. The van der Waals surface area contributed by atoms with Crippen LogP contribution in [0.1, 0.15) is 16.8 Å². The monoisotopic (exact) mass is 232 g/mol. The fourth-order valence-electron chi connectivity index (χ4n) is 1.35. The number of amides is 1. The van der Waals surface area contributed by atoms with Gasteiger partial charge >= 0.3 is 0 Å². The summed E-state index contributed by atoms with van der Waals surface area (Å²) in [6.45, 7) is 0. The van der Waals surface area contributed by atoms with Gasteiger partial charge in [-0.2, -0.15) is 5.10 Å². The van der Waals surface area contributed by atoms with Crippen LogP contribution in [0, 0.1) is 0 Å². The molecule has 1 aliphatic rings. The molecule has 1 aromatic carbocycles. The highest BCUT2D eigenvalue weighted by Gasteiger charge is 2.08. The molecule has 1 aromatic rings. The topological polar surface area (TPSA) is 70.9 Å². The van der Waals surface area contributed by atoms with Gasteiger partial charge in [0.1, 0.15) is 11.9 Å². The Hall–Kier alpha value is -2.30. The van der Waals surface area contributed by atoms with Crippen LogP contribution in [0.15, 0.2) is 41.7 Å². The molecule has 0 aromatic heterocycles. The van der Waals surface area contributed by atoms with Gasteiger partial charge in [-0.15, -0.1) is 0 Å². The summed E-state index contributed by atoms with van der Waals surface area (Å²) in [6, 6.07) is 5.94. The molecule has 0 aliphatic carbocycles. The highest BCUT2D eigenvalue weighted by molar-refractivity contribution is 5.94. The van der Waals surface area contributed by atoms with Crippen molar-refractivity contribution in [1.82, 2.24) is 5.43 Å². The maximum absolute atomic E-state index is 11.6. The van der Waals surface area contributed by atoms with E-state index in [-0.39, 0.29) is 17.8 Å². The average Bonchev–Trinajstić information content (AvgIpc) is 2.83. The number of hydrogen-bond donors (Lipinski definition) is 2. The minimum atomic E-state index is -0.327. The van der Waals surface area contributed by atoms with Gasteiger partial charge < -0.3 is 9.84 Å². The van der Waals surface area contributed by atoms with Crippen molar-refractivity contribution in [3.8, 4) is 5.75 Å². The Morgan fingerprint density at radius 2 is 2.24 bits per heavy atom. The van der Waals surface area contributed by atoms with Gasteiger partial charge in [-0.1, -0.05) is 0 Å². The van der Waals surface area contributed by atoms with Crippen molar-refractivity contribution in [2.45, 2.75) is 12.5 Å². The summed E-state index contributed by atoms with van der Waals surface area (Å²) in [5, 5.41) is 12.9. The molecule has 0 saturated carbocycles. The molecule has 2 N–H and O–H groups in total. The molecule has 1 aliphatic heterocycles. The Morgan fingerprint density at radius 3 is 2.88 bits per heavy atom. The number of ether oxygens (including phenoxy) is 1. The molecule has 1 unspecified atom stereocenters. The first kappa shape index (κ1) is 11.2. The van der Waals surface area contributed by atoms with E-state index in [1.54, 1.807) is 6.26 Å². The first-order valence-corrected chi connectivity index (χ1v) is 5.19. The van der Waals surface area contributed by atoms with Gasteiger partial charge in [0.2, 0.25) is 0 Å². The van der Waals surface area contributed by atoms with Gasteiger partial charge in [-0.3, -0.25) is 4.79 Å². The number of nitrogens with one attached hydrogen (secondary N) is 1. The van der Waals surface area contributed by atoms with E-state index >= 15 is 0 Å². The van der Waals surface area contributed by atoms with E-state index in [4.69, 9.17) is 9.84 Å². The van der Waals surface area contributed by atoms with E-state index in [0.717, 1.165) is 6.42 Å². The second kappa shape index (κ2) is 5.16. The van der Waals surface area contributed by atoms with Crippen LogP contribution < -0.4 is 5.43 Å². The lowest BCUT2D eigenvalue weighted by molar-refractivity contribution is 0.0954. The van der Waals surface area contributed by atoms with Gasteiger partial charge in [0, 0.05) is 12.0 Å². The van der Waals surface area contributed by atoms with E-state index in [2.05, 4.69) is 10.5 Å². The highest BCUT2D eigenvalue weighted by Crippen LogP contribution is 2.09. The summed E-state index contributed by atoms with van der Waals surface area (Å²) in [4.78, 5) is 11.6. The van der Waals surface area contributed by atoms with Crippen molar-refractivity contribution in [2.75, 3.05) is 0 Å². The van der Waals surface area contributed by atoms with Gasteiger partial charge in [0.05, 0.1) is 12.5 Å². The quantitative estimate of drug-likeness (QED) is 0.611. The highest BCUT2D eigenvalue weighted by atomic mass is 16.5. The standard InChI is InChI=1S/C12H12N2O3/c15-10-5-3-9(4-6-10)12(16)14-13-8-11-2-1-7-17-11/h1,3-8,11,15H,2H2,(H,14,16)/b13-8+. The summed E-state index contributed by atoms with van der Waals surface area (Å²) in [7, 11) is 0. The molecule has 1 heterocycles. The first-order valence-electron chi connectivity index (χ1n) is 5.19. The summed E-state index contributed by atoms with van der Waals surface area (Å²) in [5.74, 6) is -0.206. The molecule has 2 rings (SSSR count). The fraction of sp³-hybridized carbons (Fsp3) is 0.167. The summed E-state index contributed by atoms with van der Waals surface area (Å²) in [6.07, 6.45) is 5.70. The van der Waals surface area contributed by atoms with Crippen LogP contribution in [0.25, 0.3) is 0 Å². The normalized spacial score (nSPS) is 18.2. The third kappa shape index (κ3) is 3.07. The smallest absolute Gasteiger partial charge is 0.271 e. The van der Waals surface area contributed by atoms with Crippen LogP contribution >= 0.6 is 0 Å². The molecule has 1 amide bonds. The first-order chi connectivity index (χ1) is 8.25. The Labute approximate surface area is 98.4 Å². The number of benzene rings is 1. The number of phenolic OH excluding ortho intramolecular Hbond substituents is 1. The predicted molar refractivity (Wildman–Crippen MR) is 62.7 cm³/mol. The zero-order valence-electron chi connectivity index (χ0n) is 9.04. The molecular weight excluding hydrogens is 220 g/mol. The van der Waals surface area contributed by atoms with E-state index in [9.17, 15) is 4.79 Å². The number of carbonyl (C=O) groups excluding carboxylic acids is 1. The Balaban J connectivity index is 1.86. The van der Waals surface area contributed by atoms with Crippen LogP contribution in [-0.4, -0.2) is 23.3 Å². The summed E-state index contributed by atoms with van der Waals surface area (Å²) in [5.41, 5.74) is 2.82. The van der Waals surface area contributed by atoms with E-state index in [1.165, 1.54) is 30.5 Å². The number of rotatable bonds is 3. The molecule has 1 atom stereocenters. The van der Waals surface area contributed by atoms with E-state index < -0.39 is 0 Å². The molecule has 5 nitrogen and oxygen atoms in total. The van der Waals surface area contributed by atoms with Gasteiger partial charge in [0.25, 0.3) is 5.91 Å². The molecule has 0 fully saturated rings. The van der Waals surface area contributed by atoms with Crippen molar-refractivity contribution in [3.05, 3.63) is 42.2 Å². The number of phenols is 1. The van der Waals surface area contributed by atoms with Crippen molar-refractivity contribution in [1.29, 1.82) is 0 Å². The van der Waals surface area contributed by atoms with E-state index in [0.29, 0.717) is 5.56 Å². The number of nitrogens with zero attached hydrogens (tertiary/aromatic N) is 1. The van der Waals surface area contributed by atoms with Crippen LogP contribution in [0.3, 0.4) is 0 Å². The van der Waals surface area contributed by atoms with Gasteiger partial charge in [-0.05, 0) is 30.3 Å². The maximum Gasteiger partial charge on any atom is 0.271 e. The lowest BCUT2D eigenvalue weighted by Crippen LogP contribution is -2.19. The second-order valence-electron chi connectivity index (χ2n) is 3.55. The Kier molecular flexibility index (Phi) is 3.40.